The van der Waals surface area contributed by atoms with E-state index in [-0.39, 0.29) is 23.1 Å². The zero-order chi connectivity index (χ0) is 18.5. The molecule has 132 valence electrons. The van der Waals surface area contributed by atoms with E-state index in [0.29, 0.717) is 22.0 Å². The van der Waals surface area contributed by atoms with Gasteiger partial charge in [-0.15, -0.1) is 0 Å². The van der Waals surface area contributed by atoms with Gasteiger partial charge in [0.1, 0.15) is 11.5 Å². The Kier molecular flexibility index (Phi) is 5.71. The largest absolute Gasteiger partial charge is 0.381 e. The van der Waals surface area contributed by atoms with Crippen molar-refractivity contribution in [2.45, 2.75) is 6.54 Å². The molecule has 26 heavy (non-hydrogen) atoms. The van der Waals surface area contributed by atoms with Gasteiger partial charge in [0.2, 0.25) is 0 Å². The van der Waals surface area contributed by atoms with E-state index in [2.05, 4.69) is 15.6 Å². The Morgan fingerprint density at radius 2 is 1.88 bits per heavy atom. The van der Waals surface area contributed by atoms with Crippen LogP contribution in [0.5, 0.6) is 0 Å². The van der Waals surface area contributed by atoms with E-state index in [4.69, 9.17) is 23.2 Å². The molecule has 4 nitrogen and oxygen atoms in total. The summed E-state index contributed by atoms with van der Waals surface area (Å²) in [6.07, 6.45) is 1.50. The van der Waals surface area contributed by atoms with Gasteiger partial charge in [-0.3, -0.25) is 9.78 Å². The summed E-state index contributed by atoms with van der Waals surface area (Å²) in [4.78, 5) is 16.5. The smallest absolute Gasteiger partial charge is 0.274 e. The molecule has 3 aromatic rings. The number of rotatable bonds is 5. The van der Waals surface area contributed by atoms with Crippen molar-refractivity contribution in [3.05, 3.63) is 87.9 Å². The fraction of sp³-hybridized carbons (Fsp3) is 0.0526. The van der Waals surface area contributed by atoms with Crippen molar-refractivity contribution in [1.29, 1.82) is 0 Å². The highest BCUT2D eigenvalue weighted by Gasteiger charge is 2.12. The molecular formula is C19H14Cl2FN3O. The Balaban J connectivity index is 1.71. The average Bonchev–Trinajstić information content (AvgIpc) is 2.65. The molecule has 2 aromatic carbocycles. The molecule has 7 heteroatoms. The minimum Gasteiger partial charge on any atom is -0.381 e. The van der Waals surface area contributed by atoms with Gasteiger partial charge in [-0.05, 0) is 30.3 Å². The number of benzene rings is 2. The van der Waals surface area contributed by atoms with Gasteiger partial charge >= 0.3 is 0 Å². The van der Waals surface area contributed by atoms with E-state index in [9.17, 15) is 9.18 Å². The maximum absolute atomic E-state index is 13.7. The molecule has 0 bridgehead atoms. The lowest BCUT2D eigenvalue weighted by Crippen LogP contribution is -2.14. The molecule has 0 saturated carbocycles. The summed E-state index contributed by atoms with van der Waals surface area (Å²) in [6, 6.07) is 14.7. The Hall–Kier alpha value is -2.63. The van der Waals surface area contributed by atoms with Gasteiger partial charge < -0.3 is 10.6 Å². The molecule has 0 atom stereocenters. The molecule has 1 heterocycles. The number of halogens is 3. The van der Waals surface area contributed by atoms with Gasteiger partial charge in [-0.25, -0.2) is 4.39 Å². The van der Waals surface area contributed by atoms with Crippen molar-refractivity contribution in [2.24, 2.45) is 0 Å². The van der Waals surface area contributed by atoms with Gasteiger partial charge in [-0.2, -0.15) is 0 Å². The number of carbonyl (C=O) groups excluding carboxylic acids is 1. The number of pyridine rings is 1. The monoisotopic (exact) mass is 389 g/mol. The van der Waals surface area contributed by atoms with Crippen LogP contribution in [0.4, 0.5) is 15.8 Å². The first-order chi connectivity index (χ1) is 12.5. The number of aromatic nitrogens is 1. The van der Waals surface area contributed by atoms with E-state index >= 15 is 0 Å². The highest BCUT2D eigenvalue weighted by molar-refractivity contribution is 6.44. The van der Waals surface area contributed by atoms with Crippen molar-refractivity contribution in [2.75, 3.05) is 10.6 Å². The molecule has 0 aliphatic heterocycles. The van der Waals surface area contributed by atoms with Gasteiger partial charge in [0.15, 0.2) is 0 Å². The number of nitrogens with one attached hydrogen (secondary N) is 2. The third kappa shape index (κ3) is 4.31. The van der Waals surface area contributed by atoms with Gasteiger partial charge in [0.05, 0.1) is 15.7 Å². The fourth-order valence-electron chi connectivity index (χ4n) is 2.29. The predicted molar refractivity (Wildman–Crippen MR) is 102 cm³/mol. The average molecular weight is 390 g/mol. The van der Waals surface area contributed by atoms with Crippen LogP contribution in [0.1, 0.15) is 16.1 Å². The first kappa shape index (κ1) is 18.2. The van der Waals surface area contributed by atoms with Crippen LogP contribution < -0.4 is 10.6 Å². The number of hydrogen-bond acceptors (Lipinski definition) is 3. The van der Waals surface area contributed by atoms with Crippen LogP contribution in [0.3, 0.4) is 0 Å². The first-order valence-electron chi connectivity index (χ1n) is 7.73. The van der Waals surface area contributed by atoms with Crippen molar-refractivity contribution >= 4 is 40.5 Å². The number of amides is 1. The molecule has 0 spiro atoms. The summed E-state index contributed by atoms with van der Waals surface area (Å²) < 4.78 is 13.7. The van der Waals surface area contributed by atoms with Gasteiger partial charge in [-0.1, -0.05) is 47.5 Å². The Labute approximate surface area is 160 Å². The minimum atomic E-state index is -0.427. The molecule has 3 rings (SSSR count). The number of hydrogen-bond donors (Lipinski definition) is 2. The Morgan fingerprint density at radius 1 is 1.08 bits per heavy atom. The maximum atomic E-state index is 13.7. The molecule has 1 amide bonds. The fourth-order valence-corrected chi connectivity index (χ4v) is 2.64. The highest BCUT2D eigenvalue weighted by atomic mass is 35.5. The summed E-state index contributed by atoms with van der Waals surface area (Å²) >= 11 is 12.0. The van der Waals surface area contributed by atoms with Crippen LogP contribution in [-0.2, 0) is 6.54 Å². The SMILES string of the molecule is O=C(Nc1cccc(Cl)c1Cl)c1cc(NCc2ccccc2F)ccn1. The van der Waals surface area contributed by atoms with Crippen molar-refractivity contribution in [3.8, 4) is 0 Å². The van der Waals surface area contributed by atoms with Crippen LogP contribution in [0.25, 0.3) is 0 Å². The molecule has 2 N–H and O–H groups in total. The molecule has 0 radical (unpaired) electrons. The second kappa shape index (κ2) is 8.17. The lowest BCUT2D eigenvalue weighted by atomic mass is 10.2. The third-order valence-electron chi connectivity index (χ3n) is 3.63. The van der Waals surface area contributed by atoms with E-state index in [1.54, 1.807) is 48.5 Å². The Morgan fingerprint density at radius 3 is 2.69 bits per heavy atom. The van der Waals surface area contributed by atoms with Crippen molar-refractivity contribution < 1.29 is 9.18 Å². The van der Waals surface area contributed by atoms with Crippen LogP contribution >= 0.6 is 23.2 Å². The van der Waals surface area contributed by atoms with Crippen LogP contribution in [0, 0.1) is 5.82 Å². The normalized spacial score (nSPS) is 10.4. The van der Waals surface area contributed by atoms with E-state index in [1.807, 2.05) is 0 Å². The second-order valence-electron chi connectivity index (χ2n) is 5.43. The van der Waals surface area contributed by atoms with Crippen LogP contribution in [0.15, 0.2) is 60.8 Å². The second-order valence-corrected chi connectivity index (χ2v) is 6.22. The molecule has 0 unspecified atom stereocenters. The highest BCUT2D eigenvalue weighted by Crippen LogP contribution is 2.29. The zero-order valence-corrected chi connectivity index (χ0v) is 15.0. The van der Waals surface area contributed by atoms with Crippen LogP contribution in [-0.4, -0.2) is 10.9 Å². The summed E-state index contributed by atoms with van der Waals surface area (Å²) in [5.74, 6) is -0.716. The summed E-state index contributed by atoms with van der Waals surface area (Å²) in [5, 5.41) is 6.35. The first-order valence-corrected chi connectivity index (χ1v) is 8.49. The van der Waals surface area contributed by atoms with E-state index < -0.39 is 5.91 Å². The molecule has 0 saturated heterocycles. The number of nitrogens with zero attached hydrogens (tertiary/aromatic N) is 1. The standard InChI is InChI=1S/C19H14Cl2FN3O/c20-14-5-3-7-16(18(14)21)25-19(26)17-10-13(8-9-23-17)24-11-12-4-1-2-6-15(12)22/h1-10H,11H2,(H,23,24)(H,25,26). The quantitative estimate of drug-likeness (QED) is 0.614. The maximum Gasteiger partial charge on any atom is 0.274 e. The van der Waals surface area contributed by atoms with E-state index in [0.717, 1.165) is 0 Å². The third-order valence-corrected chi connectivity index (χ3v) is 4.45. The van der Waals surface area contributed by atoms with Crippen molar-refractivity contribution in [3.63, 3.8) is 0 Å². The molecule has 0 aliphatic rings. The topological polar surface area (TPSA) is 54.0 Å². The number of carbonyl (C=O) groups is 1. The molecular weight excluding hydrogens is 376 g/mol. The minimum absolute atomic E-state index is 0.194. The zero-order valence-electron chi connectivity index (χ0n) is 13.5. The lowest BCUT2D eigenvalue weighted by molar-refractivity contribution is 0.102. The Bertz CT molecular complexity index is 950. The predicted octanol–water partition coefficient (Wildman–Crippen LogP) is 5.39. The molecule has 0 fully saturated rings. The molecule has 1 aromatic heterocycles. The van der Waals surface area contributed by atoms with Gasteiger partial charge in [0, 0.05) is 24.0 Å². The summed E-state index contributed by atoms with van der Waals surface area (Å²) in [7, 11) is 0. The molecule has 0 aliphatic carbocycles. The van der Waals surface area contributed by atoms with E-state index in [1.165, 1.54) is 12.3 Å². The van der Waals surface area contributed by atoms with Crippen molar-refractivity contribution in [1.82, 2.24) is 4.98 Å². The van der Waals surface area contributed by atoms with Gasteiger partial charge in [0.25, 0.3) is 5.91 Å². The van der Waals surface area contributed by atoms with Crippen LogP contribution in [0.2, 0.25) is 10.0 Å². The summed E-state index contributed by atoms with van der Waals surface area (Å²) in [6.45, 7) is 0.290. The number of anilines is 2. The lowest BCUT2D eigenvalue weighted by Gasteiger charge is -2.10. The summed E-state index contributed by atoms with van der Waals surface area (Å²) in [5.41, 5.74) is 1.77.